The molecule has 1 aliphatic carbocycles. The van der Waals surface area contributed by atoms with Crippen LogP contribution in [-0.4, -0.2) is 12.4 Å². The van der Waals surface area contributed by atoms with Gasteiger partial charge in [-0.15, -0.1) is 11.8 Å². The Morgan fingerprint density at radius 1 is 1.27 bits per heavy atom. The molecule has 15 heavy (non-hydrogen) atoms. The molecule has 1 fully saturated rings. The maximum Gasteiger partial charge on any atom is 0.111 e. The summed E-state index contributed by atoms with van der Waals surface area (Å²) in [5.41, 5.74) is 1.37. The highest BCUT2D eigenvalue weighted by atomic mass is 32.2. The summed E-state index contributed by atoms with van der Waals surface area (Å²) in [5, 5.41) is 0.481. The van der Waals surface area contributed by atoms with Crippen LogP contribution in [0.25, 0.3) is 0 Å². The van der Waals surface area contributed by atoms with Crippen LogP contribution >= 0.6 is 11.8 Å². The number of hydrogen-bond donors (Lipinski definition) is 0. The lowest BCUT2D eigenvalue weighted by atomic mass is 9.92. The van der Waals surface area contributed by atoms with Gasteiger partial charge in [0.05, 0.1) is 17.1 Å². The molecule has 1 nitrogen and oxygen atoms in total. The van der Waals surface area contributed by atoms with Crippen molar-refractivity contribution in [3.63, 3.8) is 0 Å². The first kappa shape index (κ1) is 9.10. The zero-order chi connectivity index (χ0) is 10.3. The van der Waals surface area contributed by atoms with Crippen molar-refractivity contribution in [2.75, 3.05) is 7.11 Å². The fourth-order valence-corrected chi connectivity index (χ4v) is 3.49. The highest BCUT2D eigenvalue weighted by molar-refractivity contribution is 8.08. The molecule has 1 aromatic rings. The van der Waals surface area contributed by atoms with Crippen LogP contribution in [0.15, 0.2) is 54.3 Å². The highest BCUT2D eigenvalue weighted by Gasteiger charge is 2.58. The molecule has 0 aromatic heterocycles. The predicted octanol–water partition coefficient (Wildman–Crippen LogP) is 3.10. The molecular weight excluding hydrogens is 204 g/mol. The summed E-state index contributed by atoms with van der Waals surface area (Å²) in [6.07, 6.45) is 6.44. The van der Waals surface area contributed by atoms with Gasteiger partial charge in [-0.05, 0) is 11.6 Å². The molecule has 0 bridgehead atoms. The fourth-order valence-electron chi connectivity index (χ4n) is 2.12. The second-order valence-corrected chi connectivity index (χ2v) is 5.17. The van der Waals surface area contributed by atoms with Gasteiger partial charge in [0.15, 0.2) is 0 Å². The van der Waals surface area contributed by atoms with Crippen molar-refractivity contribution >= 4 is 11.8 Å². The first-order valence-corrected chi connectivity index (χ1v) is 5.91. The maximum atomic E-state index is 5.38. The van der Waals surface area contributed by atoms with E-state index in [2.05, 4.69) is 48.6 Å². The molecule has 0 saturated carbocycles. The van der Waals surface area contributed by atoms with Gasteiger partial charge in [0.2, 0.25) is 0 Å². The summed E-state index contributed by atoms with van der Waals surface area (Å²) in [6, 6.07) is 10.6. The van der Waals surface area contributed by atoms with E-state index in [1.54, 1.807) is 7.11 Å². The molecule has 1 aliphatic heterocycles. The Bertz CT molecular complexity index is 435. The predicted molar refractivity (Wildman–Crippen MR) is 63.7 cm³/mol. The minimum Gasteiger partial charge on any atom is -0.500 e. The average molecular weight is 216 g/mol. The Morgan fingerprint density at radius 2 is 2.07 bits per heavy atom. The Labute approximate surface area is 93.8 Å². The van der Waals surface area contributed by atoms with Crippen LogP contribution in [0.3, 0.4) is 0 Å². The van der Waals surface area contributed by atoms with Crippen LogP contribution in [-0.2, 0) is 9.48 Å². The van der Waals surface area contributed by atoms with Gasteiger partial charge in [0.1, 0.15) is 5.76 Å². The standard InChI is InChI=1S/C13H12OS/c1-14-11-8-5-9-13(12(11)15-13)10-6-3-2-4-7-10/h2-9,12H,1H3. The van der Waals surface area contributed by atoms with Gasteiger partial charge < -0.3 is 4.74 Å². The lowest BCUT2D eigenvalue weighted by molar-refractivity contribution is 0.281. The van der Waals surface area contributed by atoms with E-state index in [1.165, 1.54) is 5.56 Å². The summed E-state index contributed by atoms with van der Waals surface area (Å²) in [5.74, 6) is 1.09. The quantitative estimate of drug-likeness (QED) is 0.702. The van der Waals surface area contributed by atoms with Gasteiger partial charge in [0.25, 0.3) is 0 Å². The third-order valence-electron chi connectivity index (χ3n) is 2.97. The van der Waals surface area contributed by atoms with Crippen molar-refractivity contribution < 1.29 is 4.74 Å². The molecule has 3 rings (SSSR count). The highest BCUT2D eigenvalue weighted by Crippen LogP contribution is 2.66. The number of methoxy groups -OCH3 is 1. The molecule has 0 amide bonds. The van der Waals surface area contributed by atoms with Gasteiger partial charge in [0, 0.05) is 0 Å². The average Bonchev–Trinajstić information content (AvgIpc) is 3.05. The SMILES string of the molecule is COC1=CC=CC2(c3ccccc3)SC12. The Balaban J connectivity index is 1.98. The van der Waals surface area contributed by atoms with Crippen LogP contribution in [0.2, 0.25) is 0 Å². The van der Waals surface area contributed by atoms with Crippen molar-refractivity contribution in [2.45, 2.75) is 10.00 Å². The van der Waals surface area contributed by atoms with Crippen molar-refractivity contribution in [2.24, 2.45) is 0 Å². The number of ether oxygens (including phenoxy) is 1. The van der Waals surface area contributed by atoms with Gasteiger partial charge in [-0.25, -0.2) is 0 Å². The molecule has 0 N–H and O–H groups in total. The summed E-state index contributed by atoms with van der Waals surface area (Å²) in [7, 11) is 1.75. The largest absolute Gasteiger partial charge is 0.500 e. The minimum atomic E-state index is 0.154. The first-order chi connectivity index (χ1) is 7.37. The van der Waals surface area contributed by atoms with E-state index in [4.69, 9.17) is 4.74 Å². The van der Waals surface area contributed by atoms with Crippen molar-refractivity contribution in [3.05, 3.63) is 59.9 Å². The van der Waals surface area contributed by atoms with Crippen molar-refractivity contribution in [1.29, 1.82) is 0 Å². The number of thioether (sulfide) groups is 1. The van der Waals surface area contributed by atoms with Crippen LogP contribution in [0, 0.1) is 0 Å². The fraction of sp³-hybridized carbons (Fsp3) is 0.231. The van der Waals surface area contributed by atoms with E-state index in [0.29, 0.717) is 5.25 Å². The summed E-state index contributed by atoms with van der Waals surface area (Å²) >= 11 is 1.95. The lowest BCUT2D eigenvalue weighted by Crippen LogP contribution is -2.14. The van der Waals surface area contributed by atoms with E-state index in [1.807, 2.05) is 11.8 Å². The van der Waals surface area contributed by atoms with Gasteiger partial charge in [-0.2, -0.15) is 0 Å². The topological polar surface area (TPSA) is 9.23 Å². The normalized spacial score (nSPS) is 31.8. The molecular formula is C13H12OS. The van der Waals surface area contributed by atoms with Crippen LogP contribution < -0.4 is 0 Å². The molecule has 2 unspecified atom stereocenters. The van der Waals surface area contributed by atoms with Crippen molar-refractivity contribution in [3.8, 4) is 0 Å². The minimum absolute atomic E-state index is 0.154. The van der Waals surface area contributed by atoms with Crippen LogP contribution in [0.4, 0.5) is 0 Å². The van der Waals surface area contributed by atoms with E-state index in [-0.39, 0.29) is 4.75 Å². The lowest BCUT2D eigenvalue weighted by Gasteiger charge is -2.15. The first-order valence-electron chi connectivity index (χ1n) is 5.03. The molecule has 2 atom stereocenters. The number of rotatable bonds is 2. The second-order valence-electron chi connectivity index (χ2n) is 3.79. The number of allylic oxidation sites excluding steroid dienone is 2. The molecule has 1 aromatic carbocycles. The van der Waals surface area contributed by atoms with Gasteiger partial charge in [-0.3, -0.25) is 0 Å². The van der Waals surface area contributed by atoms with E-state index in [0.717, 1.165) is 5.76 Å². The molecule has 1 heterocycles. The van der Waals surface area contributed by atoms with E-state index in [9.17, 15) is 0 Å². The molecule has 0 spiro atoms. The molecule has 0 radical (unpaired) electrons. The maximum absolute atomic E-state index is 5.38. The zero-order valence-corrected chi connectivity index (χ0v) is 9.33. The third-order valence-corrected chi connectivity index (χ3v) is 4.55. The Morgan fingerprint density at radius 3 is 2.80 bits per heavy atom. The zero-order valence-electron chi connectivity index (χ0n) is 8.51. The summed E-state index contributed by atoms with van der Waals surface area (Å²) < 4.78 is 5.53. The molecule has 2 heteroatoms. The van der Waals surface area contributed by atoms with E-state index < -0.39 is 0 Å². The smallest absolute Gasteiger partial charge is 0.111 e. The Hall–Kier alpha value is -1.15. The number of benzene rings is 1. The van der Waals surface area contributed by atoms with Gasteiger partial charge >= 0.3 is 0 Å². The van der Waals surface area contributed by atoms with Gasteiger partial charge in [-0.1, -0.05) is 42.5 Å². The second kappa shape index (κ2) is 3.17. The van der Waals surface area contributed by atoms with E-state index >= 15 is 0 Å². The Kier molecular flexibility index (Phi) is 1.93. The van der Waals surface area contributed by atoms with Crippen molar-refractivity contribution in [1.82, 2.24) is 0 Å². The third kappa shape index (κ3) is 1.25. The molecule has 76 valence electrons. The van der Waals surface area contributed by atoms with Crippen LogP contribution in [0.5, 0.6) is 0 Å². The number of hydrogen-bond acceptors (Lipinski definition) is 2. The molecule has 2 aliphatic rings. The summed E-state index contributed by atoms with van der Waals surface area (Å²) in [6.45, 7) is 0. The molecule has 1 saturated heterocycles. The monoisotopic (exact) mass is 216 g/mol. The number of fused-ring (bicyclic) bond motifs is 1. The summed E-state index contributed by atoms with van der Waals surface area (Å²) in [4.78, 5) is 0. The van der Waals surface area contributed by atoms with Crippen LogP contribution in [0.1, 0.15) is 5.56 Å².